The summed E-state index contributed by atoms with van der Waals surface area (Å²) in [5, 5.41) is 0. The smallest absolute Gasteiger partial charge is 0.136 e. The van der Waals surface area contributed by atoms with Crippen molar-refractivity contribution in [3.8, 4) is 5.75 Å². The van der Waals surface area contributed by atoms with Crippen LogP contribution in [0.2, 0.25) is 0 Å². The highest BCUT2D eigenvalue weighted by atomic mass is 16.5. The Kier molecular flexibility index (Phi) is 4.09. The van der Waals surface area contributed by atoms with Gasteiger partial charge < -0.3 is 4.74 Å². The van der Waals surface area contributed by atoms with Gasteiger partial charge in [-0.3, -0.25) is 4.79 Å². The topological polar surface area (TPSA) is 26.3 Å². The molecular weight excluding hydrogens is 248 g/mol. The van der Waals surface area contributed by atoms with Crippen molar-refractivity contribution < 1.29 is 9.53 Å². The van der Waals surface area contributed by atoms with Crippen LogP contribution in [-0.2, 0) is 17.6 Å². The van der Waals surface area contributed by atoms with E-state index in [0.29, 0.717) is 18.1 Å². The van der Waals surface area contributed by atoms with Crippen LogP contribution in [0.15, 0.2) is 18.2 Å². The first kappa shape index (κ1) is 13.7. The maximum absolute atomic E-state index is 12.3. The third-order valence-electron chi connectivity index (χ3n) is 4.89. The number of carbonyl (C=O) groups excluding carboxylic acids is 1. The van der Waals surface area contributed by atoms with Crippen LogP contribution >= 0.6 is 0 Å². The maximum Gasteiger partial charge on any atom is 0.136 e. The molecule has 1 aromatic rings. The summed E-state index contributed by atoms with van der Waals surface area (Å²) in [6, 6.07) is 6.39. The van der Waals surface area contributed by atoms with Gasteiger partial charge in [0.05, 0.1) is 6.61 Å². The molecule has 1 fully saturated rings. The highest BCUT2D eigenvalue weighted by Crippen LogP contribution is 2.30. The summed E-state index contributed by atoms with van der Waals surface area (Å²) in [5.74, 6) is 2.66. The Morgan fingerprint density at radius 1 is 1.25 bits per heavy atom. The fourth-order valence-corrected chi connectivity index (χ4v) is 3.45. The zero-order valence-corrected chi connectivity index (χ0v) is 12.4. The lowest BCUT2D eigenvalue weighted by molar-refractivity contribution is -0.124. The molecule has 0 bridgehead atoms. The second-order valence-electron chi connectivity index (χ2n) is 6.46. The number of hydrogen-bond donors (Lipinski definition) is 0. The van der Waals surface area contributed by atoms with E-state index >= 15 is 0 Å². The predicted molar refractivity (Wildman–Crippen MR) is 80.1 cm³/mol. The van der Waals surface area contributed by atoms with Crippen molar-refractivity contribution in [2.24, 2.45) is 11.8 Å². The van der Waals surface area contributed by atoms with Gasteiger partial charge in [-0.25, -0.2) is 0 Å². The molecule has 0 saturated heterocycles. The number of Topliss-reactive ketones (excluding diaryl/α,β-unsaturated/α-hetero) is 1. The van der Waals surface area contributed by atoms with Gasteiger partial charge >= 0.3 is 0 Å². The molecule has 2 aliphatic rings. The van der Waals surface area contributed by atoms with E-state index in [-0.39, 0.29) is 0 Å². The van der Waals surface area contributed by atoms with Crippen LogP contribution in [0.25, 0.3) is 0 Å². The van der Waals surface area contributed by atoms with Gasteiger partial charge in [0.15, 0.2) is 0 Å². The van der Waals surface area contributed by atoms with Gasteiger partial charge in [-0.15, -0.1) is 0 Å². The van der Waals surface area contributed by atoms with Gasteiger partial charge in [-0.1, -0.05) is 31.9 Å². The summed E-state index contributed by atoms with van der Waals surface area (Å²) in [5.41, 5.74) is 2.59. The molecule has 3 rings (SSSR count). The molecule has 0 unspecified atom stereocenters. The van der Waals surface area contributed by atoms with Crippen LogP contribution in [0.3, 0.4) is 0 Å². The fraction of sp³-hybridized carbons (Fsp3) is 0.611. The third-order valence-corrected chi connectivity index (χ3v) is 4.89. The van der Waals surface area contributed by atoms with Crippen molar-refractivity contribution in [2.75, 3.05) is 6.61 Å². The number of fused-ring (bicyclic) bond motifs is 1. The summed E-state index contributed by atoms with van der Waals surface area (Å²) >= 11 is 0. The standard InChI is InChI=1S/C18H24O2/c1-13-2-6-15(7-3-13)17(19)8-4-14-5-9-18-16(12-14)10-11-20-18/h5,9,12-13,15H,2-4,6-8,10-11H2,1H3. The summed E-state index contributed by atoms with van der Waals surface area (Å²) in [7, 11) is 0. The van der Waals surface area contributed by atoms with Gasteiger partial charge in [0, 0.05) is 18.8 Å². The van der Waals surface area contributed by atoms with Crippen molar-refractivity contribution in [1.82, 2.24) is 0 Å². The molecule has 1 aromatic carbocycles. The summed E-state index contributed by atoms with van der Waals surface area (Å²) in [6.45, 7) is 3.10. The molecule has 0 atom stereocenters. The Morgan fingerprint density at radius 2 is 2.05 bits per heavy atom. The lowest BCUT2D eigenvalue weighted by atomic mass is 9.80. The van der Waals surface area contributed by atoms with Crippen molar-refractivity contribution >= 4 is 5.78 Å². The van der Waals surface area contributed by atoms with Crippen LogP contribution in [0.4, 0.5) is 0 Å². The molecule has 0 N–H and O–H groups in total. The van der Waals surface area contributed by atoms with E-state index in [1.165, 1.54) is 24.0 Å². The summed E-state index contributed by atoms with van der Waals surface area (Å²) < 4.78 is 5.52. The zero-order valence-electron chi connectivity index (χ0n) is 12.4. The monoisotopic (exact) mass is 272 g/mol. The molecular formula is C18H24O2. The average Bonchev–Trinajstić information content (AvgIpc) is 2.93. The van der Waals surface area contributed by atoms with Crippen LogP contribution < -0.4 is 4.74 Å². The number of carbonyl (C=O) groups is 1. The van der Waals surface area contributed by atoms with Crippen LogP contribution in [-0.4, -0.2) is 12.4 Å². The largest absolute Gasteiger partial charge is 0.493 e. The van der Waals surface area contributed by atoms with Crippen LogP contribution in [0.1, 0.15) is 50.2 Å². The predicted octanol–water partition coefficient (Wildman–Crippen LogP) is 3.95. The number of ketones is 1. The van der Waals surface area contributed by atoms with Crippen molar-refractivity contribution in [1.29, 1.82) is 0 Å². The van der Waals surface area contributed by atoms with E-state index in [4.69, 9.17) is 4.74 Å². The lowest BCUT2D eigenvalue weighted by Crippen LogP contribution is -2.21. The molecule has 1 aliphatic carbocycles. The molecule has 108 valence electrons. The molecule has 0 amide bonds. The average molecular weight is 272 g/mol. The van der Waals surface area contributed by atoms with E-state index < -0.39 is 0 Å². The Labute approximate surface area is 121 Å². The number of rotatable bonds is 4. The van der Waals surface area contributed by atoms with E-state index in [1.807, 2.05) is 0 Å². The molecule has 2 nitrogen and oxygen atoms in total. The van der Waals surface area contributed by atoms with Crippen molar-refractivity contribution in [2.45, 2.75) is 51.9 Å². The second-order valence-corrected chi connectivity index (χ2v) is 6.46. The van der Waals surface area contributed by atoms with Gasteiger partial charge in [0.2, 0.25) is 0 Å². The first-order valence-electron chi connectivity index (χ1n) is 7.99. The normalized spacial score (nSPS) is 25.1. The minimum absolute atomic E-state index is 0.337. The SMILES string of the molecule is CC1CCC(C(=O)CCc2ccc3c(c2)CCO3)CC1. The van der Waals surface area contributed by atoms with E-state index in [0.717, 1.165) is 44.0 Å². The Hall–Kier alpha value is -1.31. The first-order valence-corrected chi connectivity index (χ1v) is 7.99. The van der Waals surface area contributed by atoms with Gasteiger partial charge in [0.25, 0.3) is 0 Å². The molecule has 1 aliphatic heterocycles. The van der Waals surface area contributed by atoms with Gasteiger partial charge in [-0.2, -0.15) is 0 Å². The summed E-state index contributed by atoms with van der Waals surface area (Å²) in [6.07, 6.45) is 7.28. The zero-order chi connectivity index (χ0) is 13.9. The minimum Gasteiger partial charge on any atom is -0.493 e. The Bertz CT molecular complexity index is 484. The number of ether oxygens (including phenoxy) is 1. The highest BCUT2D eigenvalue weighted by Gasteiger charge is 2.23. The molecule has 0 spiro atoms. The number of benzene rings is 1. The molecule has 1 saturated carbocycles. The highest BCUT2D eigenvalue weighted by molar-refractivity contribution is 5.81. The molecule has 0 radical (unpaired) electrons. The van der Waals surface area contributed by atoms with E-state index in [2.05, 4.69) is 25.1 Å². The van der Waals surface area contributed by atoms with Gasteiger partial charge in [-0.05, 0) is 42.4 Å². The first-order chi connectivity index (χ1) is 9.72. The van der Waals surface area contributed by atoms with Crippen LogP contribution in [0, 0.1) is 11.8 Å². The number of hydrogen-bond acceptors (Lipinski definition) is 2. The van der Waals surface area contributed by atoms with Crippen molar-refractivity contribution in [3.63, 3.8) is 0 Å². The Morgan fingerprint density at radius 3 is 2.85 bits per heavy atom. The molecule has 1 heterocycles. The second kappa shape index (κ2) is 5.99. The molecule has 20 heavy (non-hydrogen) atoms. The molecule has 2 heteroatoms. The van der Waals surface area contributed by atoms with Gasteiger partial charge in [0.1, 0.15) is 11.5 Å². The maximum atomic E-state index is 12.3. The minimum atomic E-state index is 0.337. The fourth-order valence-electron chi connectivity index (χ4n) is 3.45. The third kappa shape index (κ3) is 3.05. The number of aryl methyl sites for hydroxylation is 1. The summed E-state index contributed by atoms with van der Waals surface area (Å²) in [4.78, 5) is 12.3. The van der Waals surface area contributed by atoms with E-state index in [1.54, 1.807) is 0 Å². The quantitative estimate of drug-likeness (QED) is 0.829. The van der Waals surface area contributed by atoms with E-state index in [9.17, 15) is 4.79 Å². The Balaban J connectivity index is 1.53. The van der Waals surface area contributed by atoms with Crippen molar-refractivity contribution in [3.05, 3.63) is 29.3 Å². The van der Waals surface area contributed by atoms with Crippen LogP contribution in [0.5, 0.6) is 5.75 Å². The molecule has 0 aromatic heterocycles. The lowest BCUT2D eigenvalue weighted by Gasteiger charge is -2.25.